The highest BCUT2D eigenvalue weighted by molar-refractivity contribution is 7.09. The predicted molar refractivity (Wildman–Crippen MR) is 84.3 cm³/mol. The maximum Gasteiger partial charge on any atom is 0.407 e. The van der Waals surface area contributed by atoms with Crippen LogP contribution in [0.5, 0.6) is 0 Å². The van der Waals surface area contributed by atoms with Gasteiger partial charge in [-0.05, 0) is 27.2 Å². The van der Waals surface area contributed by atoms with E-state index in [0.717, 1.165) is 18.0 Å². The van der Waals surface area contributed by atoms with Crippen LogP contribution in [-0.2, 0) is 11.3 Å². The summed E-state index contributed by atoms with van der Waals surface area (Å²) in [5, 5.41) is 9.57. The van der Waals surface area contributed by atoms with Crippen LogP contribution in [0.1, 0.15) is 46.0 Å². The van der Waals surface area contributed by atoms with Gasteiger partial charge in [0.05, 0.1) is 0 Å². The highest BCUT2D eigenvalue weighted by Crippen LogP contribution is 2.40. The van der Waals surface area contributed by atoms with E-state index >= 15 is 0 Å². The van der Waals surface area contributed by atoms with Crippen molar-refractivity contribution in [1.29, 1.82) is 0 Å². The van der Waals surface area contributed by atoms with Crippen molar-refractivity contribution in [2.45, 2.75) is 65.3 Å². The third-order valence-corrected chi connectivity index (χ3v) is 4.72. The number of thiazole rings is 1. The van der Waals surface area contributed by atoms with Crippen LogP contribution in [0.2, 0.25) is 0 Å². The van der Waals surface area contributed by atoms with Gasteiger partial charge in [-0.15, -0.1) is 11.3 Å². The summed E-state index contributed by atoms with van der Waals surface area (Å²) in [4.78, 5) is 16.1. The van der Waals surface area contributed by atoms with Gasteiger partial charge in [0, 0.05) is 35.6 Å². The Labute approximate surface area is 130 Å². The number of alkyl carbamates (subject to hydrolysis) is 1. The van der Waals surface area contributed by atoms with Crippen LogP contribution in [0.3, 0.4) is 0 Å². The van der Waals surface area contributed by atoms with E-state index in [4.69, 9.17) is 4.74 Å². The van der Waals surface area contributed by atoms with E-state index in [-0.39, 0.29) is 17.6 Å². The van der Waals surface area contributed by atoms with E-state index in [9.17, 15) is 4.79 Å². The maximum absolute atomic E-state index is 11.8. The molecule has 2 atom stereocenters. The Morgan fingerprint density at radius 2 is 2.19 bits per heavy atom. The van der Waals surface area contributed by atoms with Gasteiger partial charge in [0.15, 0.2) is 0 Å². The molecule has 2 N–H and O–H groups in total. The second-order valence-corrected chi connectivity index (χ2v) is 8.09. The molecule has 0 spiro atoms. The number of aromatic nitrogens is 1. The fourth-order valence-electron chi connectivity index (χ4n) is 2.52. The molecule has 118 valence electrons. The summed E-state index contributed by atoms with van der Waals surface area (Å²) in [7, 11) is 0. The number of carbonyl (C=O) groups excluding carboxylic acids is 1. The van der Waals surface area contributed by atoms with E-state index in [1.165, 1.54) is 0 Å². The number of hydrogen-bond donors (Lipinski definition) is 2. The van der Waals surface area contributed by atoms with Crippen LogP contribution in [0, 0.1) is 5.41 Å². The molecular formula is C15H25N3O2S. The van der Waals surface area contributed by atoms with Crippen molar-refractivity contribution in [3.63, 3.8) is 0 Å². The van der Waals surface area contributed by atoms with Crippen molar-refractivity contribution < 1.29 is 9.53 Å². The molecule has 1 aliphatic rings. The van der Waals surface area contributed by atoms with Gasteiger partial charge in [0.1, 0.15) is 10.6 Å². The number of hydrogen-bond acceptors (Lipinski definition) is 5. The zero-order chi connectivity index (χ0) is 15.7. The van der Waals surface area contributed by atoms with Crippen LogP contribution < -0.4 is 10.6 Å². The minimum Gasteiger partial charge on any atom is -0.444 e. The zero-order valence-corrected chi connectivity index (χ0v) is 14.2. The number of nitrogens with zero attached hydrogens (tertiary/aromatic N) is 1. The van der Waals surface area contributed by atoms with Crippen molar-refractivity contribution in [3.8, 4) is 0 Å². The Morgan fingerprint density at radius 1 is 1.48 bits per heavy atom. The van der Waals surface area contributed by atoms with Crippen LogP contribution in [0.25, 0.3) is 0 Å². The molecule has 0 bridgehead atoms. The fraction of sp³-hybridized carbons (Fsp3) is 0.733. The standard InChI is InChI=1S/C15H25N3O2S/c1-14(2,3)20-13(19)18-11-8-10(15(11,4)5)17-9-12-16-6-7-21-12/h6-7,10-11,17H,8-9H2,1-5H3,(H,18,19). The largest absolute Gasteiger partial charge is 0.444 e. The van der Waals surface area contributed by atoms with Crippen LogP contribution in [-0.4, -0.2) is 28.8 Å². The second kappa shape index (κ2) is 5.93. The summed E-state index contributed by atoms with van der Waals surface area (Å²) in [6, 6.07) is 0.516. The first-order chi connectivity index (χ1) is 9.68. The number of ether oxygens (including phenoxy) is 1. The lowest BCUT2D eigenvalue weighted by atomic mass is 9.63. The van der Waals surface area contributed by atoms with Crippen molar-refractivity contribution in [3.05, 3.63) is 16.6 Å². The lowest BCUT2D eigenvalue weighted by Crippen LogP contribution is -2.65. The van der Waals surface area contributed by atoms with Gasteiger partial charge >= 0.3 is 6.09 Å². The zero-order valence-electron chi connectivity index (χ0n) is 13.4. The summed E-state index contributed by atoms with van der Waals surface area (Å²) in [6.07, 6.45) is 2.40. The Balaban J connectivity index is 1.79. The first-order valence-corrected chi connectivity index (χ1v) is 8.18. The third-order valence-electron chi connectivity index (χ3n) is 3.94. The topological polar surface area (TPSA) is 63.2 Å². The molecule has 21 heavy (non-hydrogen) atoms. The lowest BCUT2D eigenvalue weighted by molar-refractivity contribution is 0.0162. The molecule has 1 fully saturated rings. The maximum atomic E-state index is 11.8. The van der Waals surface area contributed by atoms with Crippen LogP contribution in [0.15, 0.2) is 11.6 Å². The Bertz CT molecular complexity index is 480. The van der Waals surface area contributed by atoms with E-state index in [1.54, 1.807) is 11.3 Å². The van der Waals surface area contributed by atoms with E-state index in [1.807, 2.05) is 32.3 Å². The molecule has 6 heteroatoms. The van der Waals surface area contributed by atoms with E-state index in [2.05, 4.69) is 29.5 Å². The Morgan fingerprint density at radius 3 is 2.71 bits per heavy atom. The lowest BCUT2D eigenvalue weighted by Gasteiger charge is -2.52. The summed E-state index contributed by atoms with van der Waals surface area (Å²) >= 11 is 1.65. The predicted octanol–water partition coefficient (Wildman–Crippen LogP) is 2.92. The molecule has 2 unspecified atom stereocenters. The number of amides is 1. The molecule has 1 saturated carbocycles. The molecule has 0 aliphatic heterocycles. The monoisotopic (exact) mass is 311 g/mol. The van der Waals surface area contributed by atoms with Gasteiger partial charge in [-0.25, -0.2) is 9.78 Å². The fourth-order valence-corrected chi connectivity index (χ4v) is 3.08. The second-order valence-electron chi connectivity index (χ2n) is 7.12. The average Bonchev–Trinajstić information content (AvgIpc) is 2.83. The third kappa shape index (κ3) is 4.17. The molecule has 5 nitrogen and oxygen atoms in total. The molecule has 1 aliphatic carbocycles. The van der Waals surface area contributed by atoms with Crippen molar-refractivity contribution in [2.24, 2.45) is 5.41 Å². The van der Waals surface area contributed by atoms with Crippen molar-refractivity contribution in [2.75, 3.05) is 0 Å². The van der Waals surface area contributed by atoms with Crippen molar-refractivity contribution >= 4 is 17.4 Å². The SMILES string of the molecule is CC(C)(C)OC(=O)NC1CC(NCc2nccs2)C1(C)C. The summed E-state index contributed by atoms with van der Waals surface area (Å²) < 4.78 is 5.31. The number of nitrogens with one attached hydrogen (secondary N) is 2. The molecule has 0 radical (unpaired) electrons. The highest BCUT2D eigenvalue weighted by atomic mass is 32.1. The first kappa shape index (κ1) is 16.2. The summed E-state index contributed by atoms with van der Waals surface area (Å²) in [5.41, 5.74) is -0.450. The summed E-state index contributed by atoms with van der Waals surface area (Å²) in [6.45, 7) is 10.7. The van der Waals surface area contributed by atoms with E-state index in [0.29, 0.717) is 6.04 Å². The minimum atomic E-state index is -0.458. The average molecular weight is 311 g/mol. The molecule has 0 saturated heterocycles. The Hall–Kier alpha value is -1.14. The van der Waals surface area contributed by atoms with Gasteiger partial charge in [-0.1, -0.05) is 13.8 Å². The Kier molecular flexibility index (Phi) is 4.58. The number of rotatable bonds is 4. The van der Waals surface area contributed by atoms with Crippen LogP contribution in [0.4, 0.5) is 4.79 Å². The summed E-state index contributed by atoms with van der Waals surface area (Å²) in [5.74, 6) is 0. The molecule has 1 aromatic rings. The highest BCUT2D eigenvalue weighted by Gasteiger charge is 2.48. The molecule has 2 rings (SSSR count). The number of carbonyl (C=O) groups is 1. The molecule has 1 heterocycles. The van der Waals surface area contributed by atoms with Gasteiger partial charge in [0.2, 0.25) is 0 Å². The first-order valence-electron chi connectivity index (χ1n) is 7.30. The normalized spacial score (nSPS) is 24.2. The van der Waals surface area contributed by atoms with Gasteiger partial charge in [0.25, 0.3) is 0 Å². The molecule has 0 aromatic carbocycles. The van der Waals surface area contributed by atoms with Crippen molar-refractivity contribution in [1.82, 2.24) is 15.6 Å². The van der Waals surface area contributed by atoms with Gasteiger partial charge in [-0.3, -0.25) is 0 Å². The van der Waals surface area contributed by atoms with Gasteiger partial charge in [-0.2, -0.15) is 0 Å². The smallest absolute Gasteiger partial charge is 0.407 e. The molecule has 1 aromatic heterocycles. The quantitative estimate of drug-likeness (QED) is 0.897. The van der Waals surface area contributed by atoms with E-state index < -0.39 is 5.60 Å². The van der Waals surface area contributed by atoms with Gasteiger partial charge < -0.3 is 15.4 Å². The van der Waals surface area contributed by atoms with Crippen LogP contribution >= 0.6 is 11.3 Å². The minimum absolute atomic E-state index is 0.00810. The molecular weight excluding hydrogens is 286 g/mol. The molecule has 1 amide bonds.